The number of amides is 1. The molecule has 2 N–H and O–H groups in total. The van der Waals surface area contributed by atoms with Crippen LogP contribution in [0.25, 0.3) is 0 Å². The molecule has 0 atom stereocenters. The first kappa shape index (κ1) is 16.0. The molecule has 0 bridgehead atoms. The van der Waals surface area contributed by atoms with Crippen LogP contribution in [0, 0.1) is 0 Å². The second-order valence-corrected chi connectivity index (χ2v) is 6.23. The Bertz CT molecular complexity index is 587. The van der Waals surface area contributed by atoms with Crippen molar-refractivity contribution in [2.24, 2.45) is 0 Å². The number of halogens is 1. The summed E-state index contributed by atoms with van der Waals surface area (Å²) in [7, 11) is 1.66. The van der Waals surface area contributed by atoms with Gasteiger partial charge in [0.2, 0.25) is 0 Å². The highest BCUT2D eigenvalue weighted by molar-refractivity contribution is 9.10. The molecule has 1 amide bonds. The second-order valence-electron chi connectivity index (χ2n) is 4.37. The number of hydrogen-bond donors (Lipinski definition) is 2. The molecule has 0 aliphatic heterocycles. The van der Waals surface area contributed by atoms with Crippen molar-refractivity contribution in [2.75, 3.05) is 20.2 Å². The minimum Gasteiger partial charge on any atom is -0.496 e. The van der Waals surface area contributed by atoms with Gasteiger partial charge < -0.3 is 15.4 Å². The SMILES string of the molecule is COc1ccc(Br)cc1CNCCNC(=O)c1cccs1. The third kappa shape index (κ3) is 4.84. The van der Waals surface area contributed by atoms with Gasteiger partial charge in [-0.1, -0.05) is 22.0 Å². The molecule has 2 rings (SSSR count). The fourth-order valence-electron chi connectivity index (χ4n) is 1.87. The fourth-order valence-corrected chi connectivity index (χ4v) is 2.92. The molecule has 0 saturated heterocycles. The van der Waals surface area contributed by atoms with E-state index in [0.717, 1.165) is 20.7 Å². The summed E-state index contributed by atoms with van der Waals surface area (Å²) < 4.78 is 6.33. The van der Waals surface area contributed by atoms with E-state index < -0.39 is 0 Å². The molecule has 21 heavy (non-hydrogen) atoms. The molecule has 1 heterocycles. The molecular formula is C15H17BrN2O2S. The van der Waals surface area contributed by atoms with Crippen molar-refractivity contribution in [1.29, 1.82) is 0 Å². The Morgan fingerprint density at radius 2 is 2.19 bits per heavy atom. The molecule has 1 aromatic heterocycles. The van der Waals surface area contributed by atoms with Gasteiger partial charge in [-0.2, -0.15) is 0 Å². The smallest absolute Gasteiger partial charge is 0.261 e. The van der Waals surface area contributed by atoms with Crippen LogP contribution in [0.2, 0.25) is 0 Å². The lowest BCUT2D eigenvalue weighted by Gasteiger charge is -2.10. The van der Waals surface area contributed by atoms with Gasteiger partial charge in [0.1, 0.15) is 5.75 Å². The Kier molecular flexibility index (Phi) is 6.22. The Morgan fingerprint density at radius 1 is 1.33 bits per heavy atom. The van der Waals surface area contributed by atoms with Crippen molar-refractivity contribution < 1.29 is 9.53 Å². The monoisotopic (exact) mass is 368 g/mol. The summed E-state index contributed by atoms with van der Waals surface area (Å²) in [6.07, 6.45) is 0. The van der Waals surface area contributed by atoms with Gasteiger partial charge in [0.25, 0.3) is 5.91 Å². The molecule has 0 fully saturated rings. The van der Waals surface area contributed by atoms with Crippen molar-refractivity contribution in [3.63, 3.8) is 0 Å². The number of benzene rings is 1. The number of methoxy groups -OCH3 is 1. The van der Waals surface area contributed by atoms with Crippen LogP contribution in [-0.2, 0) is 6.54 Å². The molecular weight excluding hydrogens is 352 g/mol. The lowest BCUT2D eigenvalue weighted by Crippen LogP contribution is -2.31. The van der Waals surface area contributed by atoms with E-state index in [1.807, 2.05) is 35.7 Å². The van der Waals surface area contributed by atoms with Gasteiger partial charge in [-0.05, 0) is 29.6 Å². The third-order valence-electron chi connectivity index (χ3n) is 2.89. The molecule has 1 aromatic carbocycles. The third-order valence-corrected chi connectivity index (χ3v) is 4.25. The van der Waals surface area contributed by atoms with Crippen LogP contribution in [0.4, 0.5) is 0 Å². The molecule has 0 saturated carbocycles. The van der Waals surface area contributed by atoms with E-state index in [9.17, 15) is 4.79 Å². The van der Waals surface area contributed by atoms with E-state index in [2.05, 4.69) is 26.6 Å². The molecule has 0 aliphatic carbocycles. The van der Waals surface area contributed by atoms with E-state index in [4.69, 9.17) is 4.74 Å². The average molecular weight is 369 g/mol. The van der Waals surface area contributed by atoms with Gasteiger partial charge in [0.15, 0.2) is 0 Å². The van der Waals surface area contributed by atoms with E-state index in [0.29, 0.717) is 19.6 Å². The van der Waals surface area contributed by atoms with Crippen LogP contribution < -0.4 is 15.4 Å². The molecule has 4 nitrogen and oxygen atoms in total. The maximum absolute atomic E-state index is 11.7. The number of ether oxygens (including phenoxy) is 1. The molecule has 0 unspecified atom stereocenters. The van der Waals surface area contributed by atoms with Crippen molar-refractivity contribution in [2.45, 2.75) is 6.54 Å². The normalized spacial score (nSPS) is 10.4. The topological polar surface area (TPSA) is 50.4 Å². The van der Waals surface area contributed by atoms with Gasteiger partial charge in [-0.25, -0.2) is 0 Å². The largest absolute Gasteiger partial charge is 0.496 e. The Hall–Kier alpha value is -1.37. The summed E-state index contributed by atoms with van der Waals surface area (Å²) in [5, 5.41) is 8.07. The van der Waals surface area contributed by atoms with Crippen LogP contribution in [0.5, 0.6) is 5.75 Å². The van der Waals surface area contributed by atoms with Gasteiger partial charge in [0.05, 0.1) is 12.0 Å². The number of carbonyl (C=O) groups excluding carboxylic acids is 1. The van der Waals surface area contributed by atoms with Crippen LogP contribution >= 0.6 is 27.3 Å². The Labute approximate surface area is 136 Å². The van der Waals surface area contributed by atoms with Crippen molar-refractivity contribution >= 4 is 33.2 Å². The minimum absolute atomic E-state index is 0.0214. The Morgan fingerprint density at radius 3 is 2.90 bits per heavy atom. The highest BCUT2D eigenvalue weighted by atomic mass is 79.9. The van der Waals surface area contributed by atoms with E-state index in [1.54, 1.807) is 7.11 Å². The molecule has 0 aliphatic rings. The number of rotatable bonds is 7. The predicted octanol–water partition coefficient (Wildman–Crippen LogP) is 3.04. The van der Waals surface area contributed by atoms with Crippen molar-refractivity contribution in [3.05, 3.63) is 50.6 Å². The van der Waals surface area contributed by atoms with E-state index in [1.165, 1.54) is 11.3 Å². The van der Waals surface area contributed by atoms with E-state index in [-0.39, 0.29) is 5.91 Å². The predicted molar refractivity (Wildman–Crippen MR) is 89.1 cm³/mol. The first-order valence-corrected chi connectivity index (χ1v) is 8.23. The summed E-state index contributed by atoms with van der Waals surface area (Å²) in [5.74, 6) is 0.833. The molecule has 0 spiro atoms. The maximum atomic E-state index is 11.7. The van der Waals surface area contributed by atoms with Crippen LogP contribution in [0.15, 0.2) is 40.2 Å². The first-order chi connectivity index (χ1) is 10.2. The molecule has 112 valence electrons. The maximum Gasteiger partial charge on any atom is 0.261 e. The first-order valence-electron chi connectivity index (χ1n) is 6.55. The Balaban J connectivity index is 1.73. The van der Waals surface area contributed by atoms with Gasteiger partial charge in [-0.3, -0.25) is 4.79 Å². The van der Waals surface area contributed by atoms with Gasteiger partial charge in [0, 0.05) is 29.7 Å². The standard InChI is InChI=1S/C15H17BrN2O2S/c1-20-13-5-4-12(16)9-11(13)10-17-6-7-18-15(19)14-3-2-8-21-14/h2-5,8-9,17H,6-7,10H2,1H3,(H,18,19). The van der Waals surface area contributed by atoms with E-state index >= 15 is 0 Å². The number of nitrogens with one attached hydrogen (secondary N) is 2. The number of carbonyl (C=O) groups is 1. The number of thiophene rings is 1. The van der Waals surface area contributed by atoms with Crippen LogP contribution in [0.3, 0.4) is 0 Å². The van der Waals surface area contributed by atoms with Crippen molar-refractivity contribution in [1.82, 2.24) is 10.6 Å². The quantitative estimate of drug-likeness (QED) is 0.738. The summed E-state index contributed by atoms with van der Waals surface area (Å²) >= 11 is 4.89. The second kappa shape index (κ2) is 8.17. The van der Waals surface area contributed by atoms with Gasteiger partial charge in [-0.15, -0.1) is 11.3 Å². The summed E-state index contributed by atoms with van der Waals surface area (Å²) in [6, 6.07) is 9.59. The summed E-state index contributed by atoms with van der Waals surface area (Å²) in [4.78, 5) is 12.5. The minimum atomic E-state index is -0.0214. The lowest BCUT2D eigenvalue weighted by atomic mass is 10.2. The summed E-state index contributed by atoms with van der Waals surface area (Å²) in [5.41, 5.74) is 1.08. The zero-order valence-corrected chi connectivity index (χ0v) is 14.1. The zero-order chi connectivity index (χ0) is 15.1. The van der Waals surface area contributed by atoms with Gasteiger partial charge >= 0.3 is 0 Å². The lowest BCUT2D eigenvalue weighted by molar-refractivity contribution is 0.0958. The highest BCUT2D eigenvalue weighted by Crippen LogP contribution is 2.22. The fraction of sp³-hybridized carbons (Fsp3) is 0.267. The molecule has 2 aromatic rings. The van der Waals surface area contributed by atoms with Crippen molar-refractivity contribution in [3.8, 4) is 5.75 Å². The average Bonchev–Trinajstić information content (AvgIpc) is 3.01. The zero-order valence-electron chi connectivity index (χ0n) is 11.7. The number of hydrogen-bond acceptors (Lipinski definition) is 4. The van der Waals surface area contributed by atoms with Crippen LogP contribution in [-0.4, -0.2) is 26.1 Å². The molecule has 6 heteroatoms. The highest BCUT2D eigenvalue weighted by Gasteiger charge is 2.05. The summed E-state index contributed by atoms with van der Waals surface area (Å²) in [6.45, 7) is 1.98. The molecule has 0 radical (unpaired) electrons. The van der Waals surface area contributed by atoms with Crippen LogP contribution in [0.1, 0.15) is 15.2 Å².